The molecule has 0 aromatic heterocycles. The highest BCUT2D eigenvalue weighted by molar-refractivity contribution is 7.98. The number of thioether (sulfide) groups is 1. The minimum atomic E-state index is 0.0181. The lowest BCUT2D eigenvalue weighted by Crippen LogP contribution is -2.29. The number of nitrogens with one attached hydrogen (secondary N) is 1. The molecule has 0 radical (unpaired) electrons. The maximum Gasteiger partial charge on any atom is 0.0500 e. The molecule has 0 saturated heterocycles. The number of hydrazine groups is 1. The molecule has 20 heavy (non-hydrogen) atoms. The Kier molecular flexibility index (Phi) is 5.75. The smallest absolute Gasteiger partial charge is 0.0500 e. The predicted octanol–water partition coefficient (Wildman–Crippen LogP) is 4.46. The summed E-state index contributed by atoms with van der Waals surface area (Å²) in [6.07, 6.45) is 2.77. The summed E-state index contributed by atoms with van der Waals surface area (Å²) in [5.41, 5.74) is 5.00. The van der Waals surface area contributed by atoms with E-state index in [1.807, 2.05) is 12.1 Å². The van der Waals surface area contributed by atoms with Crippen molar-refractivity contribution in [1.82, 2.24) is 5.43 Å². The molecule has 0 spiro atoms. The minimum Gasteiger partial charge on any atom is -0.271 e. The molecule has 2 aromatic carbocycles. The van der Waals surface area contributed by atoms with E-state index >= 15 is 0 Å². The van der Waals surface area contributed by atoms with Gasteiger partial charge in [0.25, 0.3) is 0 Å². The van der Waals surface area contributed by atoms with Gasteiger partial charge < -0.3 is 0 Å². The summed E-state index contributed by atoms with van der Waals surface area (Å²) in [5, 5.41) is 1.30. The zero-order valence-corrected chi connectivity index (χ0v) is 13.4. The van der Waals surface area contributed by atoms with Gasteiger partial charge in [-0.2, -0.15) is 0 Å². The van der Waals surface area contributed by atoms with Gasteiger partial charge in [0, 0.05) is 14.9 Å². The maximum absolute atomic E-state index is 6.21. The first kappa shape index (κ1) is 15.7. The van der Waals surface area contributed by atoms with E-state index in [1.54, 1.807) is 17.8 Å². The van der Waals surface area contributed by atoms with Gasteiger partial charge >= 0.3 is 0 Å². The van der Waals surface area contributed by atoms with Gasteiger partial charge in [0.1, 0.15) is 0 Å². The highest BCUT2D eigenvalue weighted by atomic mass is 35.5. The van der Waals surface area contributed by atoms with Gasteiger partial charge in [-0.05, 0) is 48.1 Å². The number of hydrogen-bond donors (Lipinski definition) is 2. The topological polar surface area (TPSA) is 38.0 Å². The van der Waals surface area contributed by atoms with E-state index in [0.717, 1.165) is 11.1 Å². The van der Waals surface area contributed by atoms with Gasteiger partial charge in [-0.3, -0.25) is 11.3 Å². The van der Waals surface area contributed by atoms with Gasteiger partial charge in [0.05, 0.1) is 6.04 Å². The van der Waals surface area contributed by atoms with Crippen LogP contribution in [0.25, 0.3) is 0 Å². The first-order valence-corrected chi connectivity index (χ1v) is 8.16. The van der Waals surface area contributed by atoms with Gasteiger partial charge in [-0.25, -0.2) is 0 Å². The molecule has 5 heteroatoms. The standard InChI is InChI=1S/C15H16Cl2N2S/c1-20-13-6-3-10(4-7-13)15(19-18)8-11-2-5-12(16)9-14(11)17/h2-7,9,15,19H,8,18H2,1H3. The van der Waals surface area contributed by atoms with Crippen LogP contribution in [0.5, 0.6) is 0 Å². The van der Waals surface area contributed by atoms with Crippen LogP contribution in [0, 0.1) is 0 Å². The van der Waals surface area contributed by atoms with Crippen LogP contribution in [0.1, 0.15) is 17.2 Å². The van der Waals surface area contributed by atoms with Crippen LogP contribution < -0.4 is 11.3 Å². The van der Waals surface area contributed by atoms with Crippen LogP contribution >= 0.6 is 35.0 Å². The lowest BCUT2D eigenvalue weighted by molar-refractivity contribution is 0.552. The SMILES string of the molecule is CSc1ccc(C(Cc2ccc(Cl)cc2Cl)NN)cc1. The first-order chi connectivity index (χ1) is 9.63. The summed E-state index contributed by atoms with van der Waals surface area (Å²) in [4.78, 5) is 1.23. The van der Waals surface area contributed by atoms with Crippen LogP contribution in [-0.2, 0) is 6.42 Å². The van der Waals surface area contributed by atoms with Crippen LogP contribution in [0.15, 0.2) is 47.4 Å². The zero-order valence-electron chi connectivity index (χ0n) is 11.1. The molecule has 0 bridgehead atoms. The molecule has 0 heterocycles. The maximum atomic E-state index is 6.21. The number of rotatable bonds is 5. The number of halogens is 2. The van der Waals surface area contributed by atoms with Gasteiger partial charge in [-0.1, -0.05) is 41.4 Å². The van der Waals surface area contributed by atoms with Gasteiger partial charge in [-0.15, -0.1) is 11.8 Å². The molecular weight excluding hydrogens is 311 g/mol. The number of hydrogen-bond acceptors (Lipinski definition) is 3. The van der Waals surface area contributed by atoms with E-state index in [-0.39, 0.29) is 6.04 Å². The van der Waals surface area contributed by atoms with Crippen molar-refractivity contribution in [2.24, 2.45) is 5.84 Å². The molecule has 0 fully saturated rings. The van der Waals surface area contributed by atoms with Crippen molar-refractivity contribution in [3.05, 3.63) is 63.6 Å². The summed E-state index contributed by atoms with van der Waals surface area (Å²) in [6, 6.07) is 13.9. The third kappa shape index (κ3) is 3.90. The van der Waals surface area contributed by atoms with Crippen molar-refractivity contribution in [3.63, 3.8) is 0 Å². The lowest BCUT2D eigenvalue weighted by atomic mass is 9.99. The Bertz CT molecular complexity index is 573. The van der Waals surface area contributed by atoms with Crippen molar-refractivity contribution >= 4 is 35.0 Å². The molecule has 106 valence electrons. The second-order valence-corrected chi connectivity index (χ2v) is 6.16. The van der Waals surface area contributed by atoms with E-state index in [9.17, 15) is 0 Å². The molecule has 2 rings (SSSR count). The Morgan fingerprint density at radius 1 is 1.15 bits per heavy atom. The first-order valence-electron chi connectivity index (χ1n) is 6.18. The van der Waals surface area contributed by atoms with Crippen LogP contribution in [0.4, 0.5) is 0 Å². The Morgan fingerprint density at radius 3 is 2.40 bits per heavy atom. The summed E-state index contributed by atoms with van der Waals surface area (Å²) < 4.78 is 0. The average molecular weight is 327 g/mol. The summed E-state index contributed by atoms with van der Waals surface area (Å²) in [6.45, 7) is 0. The fourth-order valence-corrected chi connectivity index (χ4v) is 2.91. The molecule has 0 aliphatic carbocycles. The fourth-order valence-electron chi connectivity index (χ4n) is 2.02. The van der Waals surface area contributed by atoms with Crippen LogP contribution in [-0.4, -0.2) is 6.26 Å². The third-order valence-corrected chi connectivity index (χ3v) is 4.49. The van der Waals surface area contributed by atoms with Crippen molar-refractivity contribution in [2.45, 2.75) is 17.4 Å². The molecule has 3 N–H and O–H groups in total. The fraction of sp³-hybridized carbons (Fsp3) is 0.200. The zero-order chi connectivity index (χ0) is 14.5. The number of benzene rings is 2. The molecular formula is C15H16Cl2N2S. The lowest BCUT2D eigenvalue weighted by Gasteiger charge is -2.17. The molecule has 0 amide bonds. The highest BCUT2D eigenvalue weighted by Gasteiger charge is 2.12. The second-order valence-electron chi connectivity index (χ2n) is 4.43. The van der Waals surface area contributed by atoms with Crippen LogP contribution in [0.3, 0.4) is 0 Å². The predicted molar refractivity (Wildman–Crippen MR) is 88.5 cm³/mol. The van der Waals surface area contributed by atoms with Crippen molar-refractivity contribution in [1.29, 1.82) is 0 Å². The largest absolute Gasteiger partial charge is 0.271 e. The molecule has 2 aromatic rings. The molecule has 1 atom stereocenters. The van der Waals surface area contributed by atoms with Crippen molar-refractivity contribution < 1.29 is 0 Å². The third-order valence-electron chi connectivity index (χ3n) is 3.16. The second kappa shape index (κ2) is 7.34. The van der Waals surface area contributed by atoms with Crippen LogP contribution in [0.2, 0.25) is 10.0 Å². The van der Waals surface area contributed by atoms with E-state index in [2.05, 4.69) is 35.9 Å². The van der Waals surface area contributed by atoms with E-state index in [4.69, 9.17) is 29.0 Å². The Morgan fingerprint density at radius 2 is 1.85 bits per heavy atom. The molecule has 0 saturated carbocycles. The van der Waals surface area contributed by atoms with Crippen molar-refractivity contribution in [2.75, 3.05) is 6.26 Å². The Labute approximate surface area is 133 Å². The normalized spacial score (nSPS) is 12.4. The molecule has 0 aliphatic rings. The summed E-state index contributed by atoms with van der Waals surface area (Å²) in [5.74, 6) is 5.68. The molecule has 2 nitrogen and oxygen atoms in total. The van der Waals surface area contributed by atoms with Crippen molar-refractivity contribution in [3.8, 4) is 0 Å². The Balaban J connectivity index is 2.19. The average Bonchev–Trinajstić information content (AvgIpc) is 2.47. The number of nitrogens with two attached hydrogens (primary N) is 1. The van der Waals surface area contributed by atoms with Gasteiger partial charge in [0.15, 0.2) is 0 Å². The monoisotopic (exact) mass is 326 g/mol. The highest BCUT2D eigenvalue weighted by Crippen LogP contribution is 2.26. The summed E-state index contributed by atoms with van der Waals surface area (Å²) in [7, 11) is 0. The van der Waals surface area contributed by atoms with E-state index in [1.165, 1.54) is 4.90 Å². The molecule has 1 unspecified atom stereocenters. The van der Waals surface area contributed by atoms with E-state index in [0.29, 0.717) is 16.5 Å². The summed E-state index contributed by atoms with van der Waals surface area (Å²) >= 11 is 13.8. The minimum absolute atomic E-state index is 0.0181. The molecule has 0 aliphatic heterocycles. The Hall–Kier alpha value is -0.710. The van der Waals surface area contributed by atoms with Gasteiger partial charge in [0.2, 0.25) is 0 Å². The van der Waals surface area contributed by atoms with E-state index < -0.39 is 0 Å². The quantitative estimate of drug-likeness (QED) is 0.484.